The third-order valence-electron chi connectivity index (χ3n) is 9.24. The van der Waals surface area contributed by atoms with Crippen LogP contribution in [0.1, 0.15) is 42.0 Å². The summed E-state index contributed by atoms with van der Waals surface area (Å²) in [6.45, 7) is 5.85. The van der Waals surface area contributed by atoms with E-state index in [0.29, 0.717) is 0 Å². The van der Waals surface area contributed by atoms with Gasteiger partial charge in [0.15, 0.2) is 18.9 Å². The van der Waals surface area contributed by atoms with Gasteiger partial charge in [0.1, 0.15) is 57.0 Å². The molecule has 0 saturated carbocycles. The van der Waals surface area contributed by atoms with Crippen LogP contribution >= 0.6 is 0 Å². The van der Waals surface area contributed by atoms with Crippen molar-refractivity contribution in [2.75, 3.05) is 60.0 Å². The lowest BCUT2D eigenvalue weighted by molar-refractivity contribution is -0.307. The number of nitrogens with one attached hydrogen (secondary N) is 1. The van der Waals surface area contributed by atoms with Crippen LogP contribution in [0.3, 0.4) is 0 Å². The Balaban J connectivity index is 0.00000901. The molecule has 0 aromatic carbocycles. The Bertz CT molecular complexity index is 841. The lowest BCUT2D eigenvalue weighted by atomic mass is 9.92. The van der Waals surface area contributed by atoms with Crippen LogP contribution in [0.4, 0.5) is 0 Å². The SMILES string of the molecule is C.CC(C)NC(COCO[C@@H]1OC(CO)[C@H](O)[C@H](O)C1C)(COCO[C@@H]1OC(CO)[C@H](O)[C@H](O)C1C)COCO[C@@H]1OC(CO)[C@H](O)[C@H](O)C1C. The number of hydrogen-bond acceptors (Lipinski definition) is 19. The Hall–Kier alpha value is -0.760. The highest BCUT2D eigenvalue weighted by molar-refractivity contribution is 4.91. The largest absolute Gasteiger partial charge is 0.394 e. The molecule has 15 atom stereocenters. The van der Waals surface area contributed by atoms with Gasteiger partial charge in [0.2, 0.25) is 0 Å². The van der Waals surface area contributed by atoms with Gasteiger partial charge < -0.3 is 93.9 Å². The van der Waals surface area contributed by atoms with Crippen molar-refractivity contribution >= 4 is 0 Å². The quantitative estimate of drug-likeness (QED) is 0.0428. The van der Waals surface area contributed by atoms with E-state index < -0.39 is 117 Å². The van der Waals surface area contributed by atoms with Crippen LogP contribution in [-0.4, -0.2) is 191 Å². The Morgan fingerprint density at radius 2 is 0.804 bits per heavy atom. The lowest BCUT2D eigenvalue weighted by Gasteiger charge is -2.41. The molecule has 3 fully saturated rings. The Labute approximate surface area is 299 Å². The molecule has 3 heterocycles. The summed E-state index contributed by atoms with van der Waals surface area (Å²) >= 11 is 0. The van der Waals surface area contributed by atoms with E-state index in [2.05, 4.69) is 5.32 Å². The molecule has 3 saturated heterocycles. The van der Waals surface area contributed by atoms with Crippen LogP contribution in [0.5, 0.6) is 0 Å². The molecule has 3 rings (SSSR count). The minimum absolute atomic E-state index is 0. The maximum atomic E-state index is 10.4. The molecule has 0 aliphatic carbocycles. The minimum atomic E-state index is -1.29. The smallest absolute Gasteiger partial charge is 0.166 e. The van der Waals surface area contributed by atoms with Gasteiger partial charge in [-0.15, -0.1) is 0 Å². The number of aliphatic hydroxyl groups excluding tert-OH is 9. The molecule has 0 spiro atoms. The topological polar surface area (TPSA) is 277 Å². The molecule has 0 radical (unpaired) electrons. The van der Waals surface area contributed by atoms with Crippen LogP contribution in [-0.2, 0) is 42.6 Å². The zero-order valence-corrected chi connectivity index (χ0v) is 29.3. The van der Waals surface area contributed by atoms with Crippen molar-refractivity contribution in [1.82, 2.24) is 5.32 Å². The van der Waals surface area contributed by atoms with E-state index in [9.17, 15) is 46.0 Å². The molecule has 10 N–H and O–H groups in total. The van der Waals surface area contributed by atoms with Gasteiger partial charge in [-0.25, -0.2) is 0 Å². The van der Waals surface area contributed by atoms with Crippen molar-refractivity contribution < 1.29 is 88.6 Å². The third-order valence-corrected chi connectivity index (χ3v) is 9.24. The molecule has 3 aliphatic heterocycles. The van der Waals surface area contributed by atoms with Gasteiger partial charge in [-0.3, -0.25) is 0 Å². The molecule has 19 nitrogen and oxygen atoms in total. The summed E-state index contributed by atoms with van der Waals surface area (Å²) in [4.78, 5) is 0. The first-order valence-electron chi connectivity index (χ1n) is 16.9. The highest BCUT2D eigenvalue weighted by atomic mass is 16.8. The van der Waals surface area contributed by atoms with Crippen LogP contribution < -0.4 is 5.32 Å². The summed E-state index contributed by atoms with van der Waals surface area (Å²) in [5.74, 6) is -1.92. The normalized spacial score (nSPS) is 40.2. The number of ether oxygens (including phenoxy) is 9. The molecule has 304 valence electrons. The van der Waals surface area contributed by atoms with E-state index in [1.807, 2.05) is 13.8 Å². The van der Waals surface area contributed by atoms with Crippen LogP contribution in [0.2, 0.25) is 0 Å². The Morgan fingerprint density at radius 3 is 1.04 bits per heavy atom. The van der Waals surface area contributed by atoms with Gasteiger partial charge in [0.05, 0.1) is 63.5 Å². The Morgan fingerprint density at radius 1 is 0.529 bits per heavy atom. The maximum absolute atomic E-state index is 10.4. The second-order valence-electron chi connectivity index (χ2n) is 13.7. The summed E-state index contributed by atoms with van der Waals surface area (Å²) in [7, 11) is 0. The molecule has 0 aromatic rings. The monoisotopic (exact) mass is 749 g/mol. The van der Waals surface area contributed by atoms with E-state index in [1.54, 1.807) is 20.8 Å². The van der Waals surface area contributed by atoms with Crippen LogP contribution in [0.25, 0.3) is 0 Å². The average molecular weight is 750 g/mol. The van der Waals surface area contributed by atoms with Crippen molar-refractivity contribution in [3.63, 3.8) is 0 Å². The van der Waals surface area contributed by atoms with E-state index in [-0.39, 0.29) is 53.7 Å². The minimum Gasteiger partial charge on any atom is -0.394 e. The van der Waals surface area contributed by atoms with Crippen molar-refractivity contribution in [1.29, 1.82) is 0 Å². The zero-order chi connectivity index (χ0) is 37.2. The van der Waals surface area contributed by atoms with Gasteiger partial charge in [-0.2, -0.15) is 0 Å². The number of rotatable bonds is 20. The molecule has 0 aromatic heterocycles. The third kappa shape index (κ3) is 12.4. The summed E-state index contributed by atoms with van der Waals surface area (Å²) in [5.41, 5.74) is -1.09. The predicted molar refractivity (Wildman–Crippen MR) is 174 cm³/mol. The summed E-state index contributed by atoms with van der Waals surface area (Å²) < 4.78 is 51.6. The van der Waals surface area contributed by atoms with Crippen molar-refractivity contribution in [2.24, 2.45) is 17.8 Å². The molecule has 0 bridgehead atoms. The summed E-state index contributed by atoms with van der Waals surface area (Å²) in [5, 5.41) is 93.4. The van der Waals surface area contributed by atoms with Crippen molar-refractivity contribution in [2.45, 2.75) is 127 Å². The van der Waals surface area contributed by atoms with Gasteiger partial charge in [0, 0.05) is 23.8 Å². The standard InChI is InChI=1S/C31H59NO18.CH4/c1-15(2)32-31(9-42-12-45-28-16(3)22(36)25(39)19(6-33)48-28,10-43-13-46-29-17(4)23(37)26(40)20(7-34)49-29)11-44-14-47-30-18(5)24(38)27(41)21(8-35)50-30;/h15-30,32-41H,6-14H2,1-5H3;1H4/t16?,17?,18?,19?,20?,21?,22-,23-,24-,25+,26+,27+,28-,29-,30-,31?;/m1./s1. The van der Waals surface area contributed by atoms with Gasteiger partial charge in [0.25, 0.3) is 0 Å². The number of hydrogen-bond donors (Lipinski definition) is 10. The zero-order valence-electron chi connectivity index (χ0n) is 29.3. The number of aliphatic hydroxyl groups is 9. The fraction of sp³-hybridized carbons (Fsp3) is 1.00. The molecule has 0 amide bonds. The average Bonchev–Trinajstić information content (AvgIpc) is 3.09. The predicted octanol–water partition coefficient (Wildman–Crippen LogP) is -3.44. The second-order valence-corrected chi connectivity index (χ2v) is 13.7. The van der Waals surface area contributed by atoms with E-state index in [1.165, 1.54) is 0 Å². The fourth-order valence-electron chi connectivity index (χ4n) is 6.15. The second kappa shape index (κ2) is 22.0. The lowest BCUT2D eigenvalue weighted by Crippen LogP contribution is -2.59. The Kier molecular flexibility index (Phi) is 20.0. The molecule has 51 heavy (non-hydrogen) atoms. The summed E-state index contributed by atoms with van der Waals surface area (Å²) in [6.07, 6.45) is -13.6. The fourth-order valence-corrected chi connectivity index (χ4v) is 6.15. The van der Waals surface area contributed by atoms with Gasteiger partial charge >= 0.3 is 0 Å². The van der Waals surface area contributed by atoms with E-state index in [4.69, 9.17) is 42.6 Å². The molecule has 3 aliphatic rings. The van der Waals surface area contributed by atoms with E-state index >= 15 is 0 Å². The van der Waals surface area contributed by atoms with Gasteiger partial charge in [-0.1, -0.05) is 42.0 Å². The molecule has 19 heteroatoms. The van der Waals surface area contributed by atoms with Crippen molar-refractivity contribution in [3.8, 4) is 0 Å². The highest BCUT2D eigenvalue weighted by Crippen LogP contribution is 2.29. The van der Waals surface area contributed by atoms with Crippen molar-refractivity contribution in [3.05, 3.63) is 0 Å². The molecular weight excluding hydrogens is 686 g/mol. The van der Waals surface area contributed by atoms with Gasteiger partial charge in [-0.05, 0) is 0 Å². The van der Waals surface area contributed by atoms with Crippen LogP contribution in [0, 0.1) is 17.8 Å². The molecule has 6 unspecified atom stereocenters. The van der Waals surface area contributed by atoms with E-state index in [0.717, 1.165) is 0 Å². The maximum Gasteiger partial charge on any atom is 0.166 e. The molecular formula is C32H63NO18. The summed E-state index contributed by atoms with van der Waals surface area (Å²) in [6, 6.07) is -0.135. The first kappa shape index (κ1) is 46.4. The van der Waals surface area contributed by atoms with Crippen LogP contribution in [0.15, 0.2) is 0 Å². The first-order chi connectivity index (χ1) is 23.7. The highest BCUT2D eigenvalue weighted by Gasteiger charge is 2.45. The first-order valence-corrected chi connectivity index (χ1v) is 16.9.